The van der Waals surface area contributed by atoms with Gasteiger partial charge in [-0.15, -0.1) is 22.7 Å². The van der Waals surface area contributed by atoms with E-state index >= 15 is 0 Å². The molecule has 4 rings (SSSR count). The lowest BCUT2D eigenvalue weighted by Gasteiger charge is -2.12. The Bertz CT molecular complexity index is 1260. The summed E-state index contributed by atoms with van der Waals surface area (Å²) in [5, 5.41) is 12.9. The molecule has 0 aliphatic carbocycles. The Balaban J connectivity index is 1.79. The largest absolute Gasteiger partial charge is 0.331 e. The summed E-state index contributed by atoms with van der Waals surface area (Å²) < 4.78 is 3.53. The van der Waals surface area contributed by atoms with Crippen molar-refractivity contribution in [1.82, 2.24) is 9.13 Å². The highest BCUT2D eigenvalue weighted by atomic mass is 32.1. The summed E-state index contributed by atoms with van der Waals surface area (Å²) >= 11 is 2.97. The fourth-order valence-corrected chi connectivity index (χ4v) is 4.62. The highest BCUT2D eigenvalue weighted by molar-refractivity contribution is 7.17. The van der Waals surface area contributed by atoms with E-state index in [2.05, 4.69) is 6.07 Å². The van der Waals surface area contributed by atoms with E-state index in [4.69, 9.17) is 5.26 Å². The van der Waals surface area contributed by atoms with Gasteiger partial charge in [-0.2, -0.15) is 5.26 Å². The van der Waals surface area contributed by atoms with Crippen molar-refractivity contribution in [1.29, 1.82) is 5.26 Å². The lowest BCUT2D eigenvalue weighted by molar-refractivity contribution is 0.593. The third-order valence-electron chi connectivity index (χ3n) is 4.40. The predicted octanol–water partition coefficient (Wildman–Crippen LogP) is 3.45. The highest BCUT2D eigenvalue weighted by Gasteiger charge is 2.15. The molecule has 0 bridgehead atoms. The van der Waals surface area contributed by atoms with Crippen LogP contribution < -0.4 is 11.2 Å². The third-order valence-corrected chi connectivity index (χ3v) is 6.22. The van der Waals surface area contributed by atoms with E-state index in [1.165, 1.54) is 15.9 Å². The van der Waals surface area contributed by atoms with Gasteiger partial charge >= 0.3 is 5.69 Å². The number of nitrogens with zero attached hydrogens (tertiary/aromatic N) is 3. The number of nitriles is 1. The van der Waals surface area contributed by atoms with E-state index in [9.17, 15) is 9.59 Å². The standard InChI is InChI=1S/C20H15N3O2S2/c21-12-14-3-1-4-15(11-14)13-23-17-7-10-27-18(17)19(24)22(20(23)25)8-6-16-5-2-9-26-16/h1-5,7,9-11H,6,8,13H2. The topological polar surface area (TPSA) is 67.8 Å². The molecule has 3 heterocycles. The van der Waals surface area contributed by atoms with Crippen LogP contribution >= 0.6 is 22.7 Å². The number of aryl methyl sites for hydroxylation is 1. The second-order valence-corrected chi connectivity index (χ2v) is 8.05. The predicted molar refractivity (Wildman–Crippen MR) is 109 cm³/mol. The molecule has 0 aliphatic rings. The lowest BCUT2D eigenvalue weighted by atomic mass is 10.1. The smallest absolute Gasteiger partial charge is 0.288 e. The van der Waals surface area contributed by atoms with E-state index in [0.717, 1.165) is 10.4 Å². The van der Waals surface area contributed by atoms with E-state index in [-0.39, 0.29) is 11.2 Å². The van der Waals surface area contributed by atoms with E-state index < -0.39 is 0 Å². The maximum absolute atomic E-state index is 13.1. The summed E-state index contributed by atoms with van der Waals surface area (Å²) in [5.41, 5.74) is 1.50. The molecule has 3 aromatic heterocycles. The van der Waals surface area contributed by atoms with Crippen LogP contribution in [0.15, 0.2) is 62.8 Å². The first kappa shape index (κ1) is 17.5. The minimum atomic E-state index is -0.315. The van der Waals surface area contributed by atoms with Crippen LogP contribution in [0.1, 0.15) is 16.0 Å². The van der Waals surface area contributed by atoms with Crippen molar-refractivity contribution in [2.24, 2.45) is 0 Å². The molecule has 5 nitrogen and oxygen atoms in total. The average molecular weight is 393 g/mol. The fourth-order valence-electron chi connectivity index (χ4n) is 3.08. The van der Waals surface area contributed by atoms with Crippen LogP contribution in [0.5, 0.6) is 0 Å². The number of hydrogen-bond donors (Lipinski definition) is 0. The van der Waals surface area contributed by atoms with Crippen LogP contribution in [0.2, 0.25) is 0 Å². The van der Waals surface area contributed by atoms with Crippen LogP contribution in [0.3, 0.4) is 0 Å². The first-order valence-corrected chi connectivity index (χ1v) is 10.2. The minimum Gasteiger partial charge on any atom is -0.288 e. The summed E-state index contributed by atoms with van der Waals surface area (Å²) in [6.07, 6.45) is 0.646. The Morgan fingerprint density at radius 3 is 2.67 bits per heavy atom. The van der Waals surface area contributed by atoms with E-state index in [0.29, 0.717) is 35.3 Å². The van der Waals surface area contributed by atoms with Crippen molar-refractivity contribution < 1.29 is 0 Å². The van der Waals surface area contributed by atoms with Crippen LogP contribution in [-0.4, -0.2) is 9.13 Å². The Hall–Kier alpha value is -2.95. The molecule has 0 fully saturated rings. The van der Waals surface area contributed by atoms with Crippen LogP contribution in [0, 0.1) is 11.3 Å². The molecule has 134 valence electrons. The van der Waals surface area contributed by atoms with Crippen LogP contribution in [-0.2, 0) is 19.5 Å². The zero-order valence-electron chi connectivity index (χ0n) is 14.3. The molecular formula is C20H15N3O2S2. The van der Waals surface area contributed by atoms with Crippen molar-refractivity contribution in [3.8, 4) is 6.07 Å². The summed E-state index contributed by atoms with van der Waals surface area (Å²) in [5.74, 6) is 0. The molecule has 0 radical (unpaired) electrons. The van der Waals surface area contributed by atoms with Crippen LogP contribution in [0.25, 0.3) is 10.2 Å². The Labute approximate surface area is 163 Å². The second kappa shape index (κ2) is 7.35. The first-order chi connectivity index (χ1) is 13.2. The third kappa shape index (κ3) is 3.37. The van der Waals surface area contributed by atoms with Crippen molar-refractivity contribution in [2.75, 3.05) is 0 Å². The van der Waals surface area contributed by atoms with Crippen LogP contribution in [0.4, 0.5) is 0 Å². The Kier molecular flexibility index (Phi) is 4.75. The summed E-state index contributed by atoms with van der Waals surface area (Å²) in [7, 11) is 0. The van der Waals surface area contributed by atoms with Gasteiger partial charge in [0.25, 0.3) is 5.56 Å². The van der Waals surface area contributed by atoms with Crippen molar-refractivity contribution >= 4 is 32.9 Å². The van der Waals surface area contributed by atoms with Gasteiger partial charge in [0.1, 0.15) is 4.70 Å². The zero-order chi connectivity index (χ0) is 18.8. The molecule has 27 heavy (non-hydrogen) atoms. The SMILES string of the molecule is N#Cc1cccc(Cn2c(=O)n(CCc3cccs3)c(=O)c3sccc32)c1. The molecule has 0 spiro atoms. The lowest BCUT2D eigenvalue weighted by Crippen LogP contribution is -2.40. The molecule has 0 atom stereocenters. The van der Waals surface area contributed by atoms with E-state index in [1.54, 1.807) is 40.2 Å². The number of hydrogen-bond acceptors (Lipinski definition) is 5. The highest BCUT2D eigenvalue weighted by Crippen LogP contribution is 2.17. The van der Waals surface area contributed by atoms with Gasteiger partial charge in [0.2, 0.25) is 0 Å². The zero-order valence-corrected chi connectivity index (χ0v) is 15.9. The van der Waals surface area contributed by atoms with Crippen molar-refractivity contribution in [3.63, 3.8) is 0 Å². The fraction of sp³-hybridized carbons (Fsp3) is 0.150. The van der Waals surface area contributed by atoms with Gasteiger partial charge in [-0.3, -0.25) is 13.9 Å². The number of aromatic nitrogens is 2. The summed E-state index contributed by atoms with van der Waals surface area (Å²) in [6.45, 7) is 0.672. The van der Waals surface area contributed by atoms with E-state index in [1.807, 2.05) is 29.0 Å². The molecular weight excluding hydrogens is 378 g/mol. The molecule has 0 aliphatic heterocycles. The average Bonchev–Trinajstić information content (AvgIpc) is 3.37. The Morgan fingerprint density at radius 2 is 1.89 bits per heavy atom. The van der Waals surface area contributed by atoms with Gasteiger partial charge < -0.3 is 0 Å². The number of benzene rings is 1. The summed E-state index contributed by atoms with van der Waals surface area (Å²) in [6, 6.07) is 15.1. The maximum Gasteiger partial charge on any atom is 0.331 e. The van der Waals surface area contributed by atoms with Gasteiger partial charge in [0, 0.05) is 11.4 Å². The minimum absolute atomic E-state index is 0.233. The second-order valence-electron chi connectivity index (χ2n) is 6.10. The van der Waals surface area contributed by atoms with Gasteiger partial charge in [-0.25, -0.2) is 4.79 Å². The number of fused-ring (bicyclic) bond motifs is 1. The summed E-state index contributed by atoms with van der Waals surface area (Å²) in [4.78, 5) is 27.0. The normalized spacial score (nSPS) is 10.9. The molecule has 7 heteroatoms. The molecule has 0 saturated carbocycles. The van der Waals surface area contributed by atoms with Gasteiger partial charge in [-0.05, 0) is 47.0 Å². The van der Waals surface area contributed by atoms with Gasteiger partial charge in [0.15, 0.2) is 0 Å². The number of rotatable bonds is 5. The molecule has 0 N–H and O–H groups in total. The molecule has 0 amide bonds. The van der Waals surface area contributed by atoms with Crippen molar-refractivity contribution in [2.45, 2.75) is 19.5 Å². The maximum atomic E-state index is 13.1. The molecule has 0 saturated heterocycles. The number of thiophene rings is 2. The molecule has 4 aromatic rings. The monoisotopic (exact) mass is 393 g/mol. The van der Waals surface area contributed by atoms with Gasteiger partial charge in [0.05, 0.1) is 23.7 Å². The molecule has 0 unspecified atom stereocenters. The quantitative estimate of drug-likeness (QED) is 0.522. The Morgan fingerprint density at radius 1 is 1.00 bits per heavy atom. The van der Waals surface area contributed by atoms with Crippen molar-refractivity contribution in [3.05, 3.63) is 90.1 Å². The first-order valence-electron chi connectivity index (χ1n) is 8.39. The molecule has 1 aromatic carbocycles. The van der Waals surface area contributed by atoms with Gasteiger partial charge in [-0.1, -0.05) is 18.2 Å².